The molecular formula is C12H14ClN3. The predicted octanol–water partition coefficient (Wildman–Crippen LogP) is 3.24. The Morgan fingerprint density at radius 2 is 1.75 bits per heavy atom. The molecule has 0 aliphatic heterocycles. The fourth-order valence-corrected chi connectivity index (χ4v) is 2.32. The molecule has 2 rings (SSSR count). The van der Waals surface area contributed by atoms with Gasteiger partial charge in [-0.25, -0.2) is 4.98 Å². The molecular weight excluding hydrogens is 222 g/mol. The van der Waals surface area contributed by atoms with E-state index in [0.29, 0.717) is 11.1 Å². The van der Waals surface area contributed by atoms with Crippen molar-refractivity contribution in [2.24, 2.45) is 0 Å². The van der Waals surface area contributed by atoms with Gasteiger partial charge in [-0.3, -0.25) is 0 Å². The summed E-state index contributed by atoms with van der Waals surface area (Å²) in [5.41, 5.74) is 10.9. The van der Waals surface area contributed by atoms with Crippen LogP contribution >= 0.6 is 11.6 Å². The smallest absolute Gasteiger partial charge is 0.199 e. The number of anilines is 1. The van der Waals surface area contributed by atoms with Crippen LogP contribution < -0.4 is 5.73 Å². The first-order valence-electron chi connectivity index (χ1n) is 5.08. The van der Waals surface area contributed by atoms with Gasteiger partial charge in [-0.15, -0.1) is 0 Å². The zero-order valence-electron chi connectivity index (χ0n) is 9.56. The lowest BCUT2D eigenvalue weighted by Gasteiger charge is -2.09. The number of aromatic amines is 1. The summed E-state index contributed by atoms with van der Waals surface area (Å²) in [7, 11) is 0. The lowest BCUT2D eigenvalue weighted by molar-refractivity contribution is 1.29. The van der Waals surface area contributed by atoms with Gasteiger partial charge in [-0.05, 0) is 31.9 Å². The van der Waals surface area contributed by atoms with E-state index in [0.717, 1.165) is 22.4 Å². The summed E-state index contributed by atoms with van der Waals surface area (Å²) in [6, 6.07) is 4.23. The molecule has 0 spiro atoms. The Hall–Kier alpha value is -1.48. The molecule has 0 radical (unpaired) electrons. The number of nitrogens with one attached hydrogen (secondary N) is 1. The number of aryl methyl sites for hydroxylation is 3. The molecule has 84 valence electrons. The fraction of sp³-hybridized carbons (Fsp3) is 0.250. The van der Waals surface area contributed by atoms with Crippen LogP contribution in [0.25, 0.3) is 11.3 Å². The average molecular weight is 236 g/mol. The largest absolute Gasteiger partial charge is 0.369 e. The molecule has 16 heavy (non-hydrogen) atoms. The lowest BCUT2D eigenvalue weighted by atomic mass is 9.98. The van der Waals surface area contributed by atoms with E-state index in [1.165, 1.54) is 5.56 Å². The summed E-state index contributed by atoms with van der Waals surface area (Å²) in [5.74, 6) is 0.347. The van der Waals surface area contributed by atoms with Gasteiger partial charge in [0.1, 0.15) is 10.8 Å². The van der Waals surface area contributed by atoms with E-state index in [9.17, 15) is 0 Å². The van der Waals surface area contributed by atoms with Crippen molar-refractivity contribution in [1.29, 1.82) is 0 Å². The van der Waals surface area contributed by atoms with Crippen LogP contribution in [0.1, 0.15) is 16.7 Å². The molecule has 3 N–H and O–H groups in total. The first-order chi connectivity index (χ1) is 7.49. The van der Waals surface area contributed by atoms with Crippen molar-refractivity contribution in [2.45, 2.75) is 20.8 Å². The molecule has 0 saturated carbocycles. The van der Waals surface area contributed by atoms with E-state index in [2.05, 4.69) is 42.9 Å². The SMILES string of the molecule is Cc1cc(C)c(-c2nc(N)[nH]c2Cl)c(C)c1. The Morgan fingerprint density at radius 1 is 1.19 bits per heavy atom. The van der Waals surface area contributed by atoms with Gasteiger partial charge in [0.25, 0.3) is 0 Å². The highest BCUT2D eigenvalue weighted by molar-refractivity contribution is 6.32. The van der Waals surface area contributed by atoms with E-state index in [-0.39, 0.29) is 0 Å². The highest BCUT2D eigenvalue weighted by Crippen LogP contribution is 2.32. The second kappa shape index (κ2) is 3.83. The number of benzene rings is 1. The molecule has 1 aromatic carbocycles. The summed E-state index contributed by atoms with van der Waals surface area (Å²) in [6.07, 6.45) is 0. The van der Waals surface area contributed by atoms with Crippen LogP contribution in [0.3, 0.4) is 0 Å². The van der Waals surface area contributed by atoms with Crippen molar-refractivity contribution >= 4 is 17.5 Å². The normalized spacial score (nSPS) is 10.8. The van der Waals surface area contributed by atoms with Crippen molar-refractivity contribution < 1.29 is 0 Å². The number of rotatable bonds is 1. The van der Waals surface area contributed by atoms with E-state index in [1.807, 2.05) is 0 Å². The highest BCUT2D eigenvalue weighted by atomic mass is 35.5. The second-order valence-corrected chi connectivity index (χ2v) is 4.44. The maximum Gasteiger partial charge on any atom is 0.199 e. The first-order valence-corrected chi connectivity index (χ1v) is 5.46. The molecule has 0 aliphatic rings. The Kier molecular flexibility index (Phi) is 2.64. The van der Waals surface area contributed by atoms with E-state index in [4.69, 9.17) is 17.3 Å². The van der Waals surface area contributed by atoms with Crippen LogP contribution in [-0.2, 0) is 0 Å². The van der Waals surface area contributed by atoms with E-state index >= 15 is 0 Å². The van der Waals surface area contributed by atoms with Gasteiger partial charge in [-0.2, -0.15) is 0 Å². The number of imidazole rings is 1. The number of nitrogens with zero attached hydrogens (tertiary/aromatic N) is 1. The number of aromatic nitrogens is 2. The summed E-state index contributed by atoms with van der Waals surface area (Å²) >= 11 is 6.07. The number of hydrogen-bond acceptors (Lipinski definition) is 2. The van der Waals surface area contributed by atoms with Crippen LogP contribution in [0.2, 0.25) is 5.15 Å². The summed E-state index contributed by atoms with van der Waals surface area (Å²) in [5, 5.41) is 0.493. The van der Waals surface area contributed by atoms with Crippen molar-refractivity contribution in [3.8, 4) is 11.3 Å². The van der Waals surface area contributed by atoms with Crippen LogP contribution in [0, 0.1) is 20.8 Å². The third-order valence-electron chi connectivity index (χ3n) is 2.59. The maximum atomic E-state index is 6.07. The highest BCUT2D eigenvalue weighted by Gasteiger charge is 2.14. The van der Waals surface area contributed by atoms with Gasteiger partial charge in [0, 0.05) is 5.56 Å². The quantitative estimate of drug-likeness (QED) is 0.797. The monoisotopic (exact) mass is 235 g/mol. The zero-order chi connectivity index (χ0) is 11.9. The molecule has 0 fully saturated rings. The molecule has 1 heterocycles. The van der Waals surface area contributed by atoms with Gasteiger partial charge in [0.15, 0.2) is 5.95 Å². The van der Waals surface area contributed by atoms with E-state index in [1.54, 1.807) is 0 Å². The van der Waals surface area contributed by atoms with Gasteiger partial charge in [0.05, 0.1) is 0 Å². The number of nitrogen functional groups attached to an aromatic ring is 1. The van der Waals surface area contributed by atoms with Crippen molar-refractivity contribution in [3.63, 3.8) is 0 Å². The number of H-pyrrole nitrogens is 1. The molecule has 2 aromatic rings. The Labute approximate surface area is 99.7 Å². The average Bonchev–Trinajstić information content (AvgIpc) is 2.43. The molecule has 0 saturated heterocycles. The minimum Gasteiger partial charge on any atom is -0.369 e. The van der Waals surface area contributed by atoms with Crippen molar-refractivity contribution in [3.05, 3.63) is 34.0 Å². The minimum absolute atomic E-state index is 0.347. The summed E-state index contributed by atoms with van der Waals surface area (Å²) < 4.78 is 0. The molecule has 0 bridgehead atoms. The number of nitrogens with two attached hydrogens (primary N) is 1. The minimum atomic E-state index is 0.347. The van der Waals surface area contributed by atoms with Gasteiger partial charge in [0.2, 0.25) is 0 Å². The van der Waals surface area contributed by atoms with E-state index < -0.39 is 0 Å². The Morgan fingerprint density at radius 3 is 2.19 bits per heavy atom. The Bertz CT molecular complexity index is 520. The molecule has 4 heteroatoms. The fourth-order valence-electron chi connectivity index (χ4n) is 2.09. The third kappa shape index (κ3) is 1.78. The van der Waals surface area contributed by atoms with Crippen LogP contribution in [0.4, 0.5) is 5.95 Å². The summed E-state index contributed by atoms with van der Waals surface area (Å²) in [6.45, 7) is 6.18. The summed E-state index contributed by atoms with van der Waals surface area (Å²) in [4.78, 5) is 7.03. The topological polar surface area (TPSA) is 54.7 Å². The van der Waals surface area contributed by atoms with Gasteiger partial charge in [-0.1, -0.05) is 29.3 Å². The standard InChI is InChI=1S/C12H14ClN3/c1-6-4-7(2)9(8(3)5-6)10-11(13)16-12(14)15-10/h4-5H,1-3H3,(H3,14,15,16). The number of hydrogen-bond donors (Lipinski definition) is 2. The van der Waals surface area contributed by atoms with Gasteiger partial charge < -0.3 is 10.7 Å². The van der Waals surface area contributed by atoms with Crippen molar-refractivity contribution in [1.82, 2.24) is 9.97 Å². The molecule has 0 aliphatic carbocycles. The first kappa shape index (κ1) is 11.0. The van der Waals surface area contributed by atoms with Crippen molar-refractivity contribution in [2.75, 3.05) is 5.73 Å². The third-order valence-corrected chi connectivity index (χ3v) is 2.87. The van der Waals surface area contributed by atoms with Gasteiger partial charge >= 0.3 is 0 Å². The zero-order valence-corrected chi connectivity index (χ0v) is 10.3. The molecule has 0 atom stereocenters. The second-order valence-electron chi connectivity index (χ2n) is 4.06. The predicted molar refractivity (Wildman–Crippen MR) is 67.7 cm³/mol. The maximum absolute atomic E-state index is 6.07. The lowest BCUT2D eigenvalue weighted by Crippen LogP contribution is -1.91. The van der Waals surface area contributed by atoms with Crippen LogP contribution in [0.15, 0.2) is 12.1 Å². The van der Waals surface area contributed by atoms with Crippen LogP contribution in [-0.4, -0.2) is 9.97 Å². The van der Waals surface area contributed by atoms with Crippen LogP contribution in [0.5, 0.6) is 0 Å². The molecule has 3 nitrogen and oxygen atoms in total. The molecule has 0 unspecified atom stereocenters. The Balaban J connectivity index is 2.69. The number of halogens is 1. The molecule has 0 amide bonds. The molecule has 1 aromatic heterocycles.